The predicted molar refractivity (Wildman–Crippen MR) is 82.0 cm³/mol. The summed E-state index contributed by atoms with van der Waals surface area (Å²) in [6, 6.07) is 13.7. The Bertz CT molecular complexity index is 511. The van der Waals surface area contributed by atoms with E-state index in [1.54, 1.807) is 16.2 Å². The normalized spacial score (nSPS) is 10.2. The molecular formula is C16H19NO2S. The first-order chi connectivity index (χ1) is 9.75. The third kappa shape index (κ3) is 4.70. The first-order valence-electron chi connectivity index (χ1n) is 6.70. The molecule has 0 saturated heterocycles. The first-order valence-corrected chi connectivity index (χ1v) is 7.58. The SMILES string of the molecule is CN(Cc1cccs1)C(=O)CCCOc1ccccc1. The number of carbonyl (C=O) groups excluding carboxylic acids is 1. The number of nitrogens with zero attached hydrogens (tertiary/aromatic N) is 1. The largest absolute Gasteiger partial charge is 0.494 e. The van der Waals surface area contributed by atoms with Crippen LogP contribution in [0.4, 0.5) is 0 Å². The second-order valence-corrected chi connectivity index (χ2v) is 5.63. The fourth-order valence-corrected chi connectivity index (χ4v) is 2.60. The van der Waals surface area contributed by atoms with E-state index in [-0.39, 0.29) is 5.91 Å². The lowest BCUT2D eigenvalue weighted by atomic mass is 10.3. The van der Waals surface area contributed by atoms with Crippen LogP contribution in [0.1, 0.15) is 17.7 Å². The van der Waals surface area contributed by atoms with Crippen LogP contribution in [-0.2, 0) is 11.3 Å². The van der Waals surface area contributed by atoms with Crippen LogP contribution in [-0.4, -0.2) is 24.5 Å². The van der Waals surface area contributed by atoms with Crippen LogP contribution in [0.25, 0.3) is 0 Å². The molecule has 0 bridgehead atoms. The number of rotatable bonds is 7. The van der Waals surface area contributed by atoms with E-state index in [1.165, 1.54) is 4.88 Å². The lowest BCUT2D eigenvalue weighted by molar-refractivity contribution is -0.130. The maximum absolute atomic E-state index is 12.0. The molecule has 106 valence electrons. The maximum atomic E-state index is 12.0. The van der Waals surface area contributed by atoms with Gasteiger partial charge in [0.15, 0.2) is 0 Å². The summed E-state index contributed by atoms with van der Waals surface area (Å²) in [5.41, 5.74) is 0. The quantitative estimate of drug-likeness (QED) is 0.729. The molecule has 4 heteroatoms. The van der Waals surface area contributed by atoms with Gasteiger partial charge in [0.05, 0.1) is 13.2 Å². The number of hydrogen-bond donors (Lipinski definition) is 0. The lowest BCUT2D eigenvalue weighted by Gasteiger charge is -2.16. The van der Waals surface area contributed by atoms with E-state index < -0.39 is 0 Å². The summed E-state index contributed by atoms with van der Waals surface area (Å²) >= 11 is 1.68. The van der Waals surface area contributed by atoms with Crippen LogP contribution in [0.3, 0.4) is 0 Å². The average Bonchev–Trinajstić information content (AvgIpc) is 2.97. The lowest BCUT2D eigenvalue weighted by Crippen LogP contribution is -2.25. The van der Waals surface area contributed by atoms with Crippen molar-refractivity contribution in [3.05, 3.63) is 52.7 Å². The Kier molecular flexibility index (Phi) is 5.62. The number of amides is 1. The van der Waals surface area contributed by atoms with Crippen molar-refractivity contribution >= 4 is 17.2 Å². The summed E-state index contributed by atoms with van der Waals surface area (Å²) in [4.78, 5) is 14.9. The van der Waals surface area contributed by atoms with Crippen molar-refractivity contribution in [2.75, 3.05) is 13.7 Å². The van der Waals surface area contributed by atoms with Gasteiger partial charge in [-0.05, 0) is 30.0 Å². The van der Waals surface area contributed by atoms with Crippen molar-refractivity contribution < 1.29 is 9.53 Å². The van der Waals surface area contributed by atoms with E-state index >= 15 is 0 Å². The van der Waals surface area contributed by atoms with Crippen LogP contribution in [0, 0.1) is 0 Å². The first kappa shape index (κ1) is 14.6. The zero-order chi connectivity index (χ0) is 14.2. The second kappa shape index (κ2) is 7.70. The molecule has 0 aliphatic carbocycles. The van der Waals surface area contributed by atoms with Crippen LogP contribution < -0.4 is 4.74 Å². The molecule has 0 aliphatic rings. The molecule has 0 aliphatic heterocycles. The van der Waals surface area contributed by atoms with E-state index in [4.69, 9.17) is 4.74 Å². The maximum Gasteiger partial charge on any atom is 0.222 e. The Morgan fingerprint density at radius 3 is 2.70 bits per heavy atom. The number of ether oxygens (including phenoxy) is 1. The monoisotopic (exact) mass is 289 g/mol. The average molecular weight is 289 g/mol. The van der Waals surface area contributed by atoms with Gasteiger partial charge in [-0.3, -0.25) is 4.79 Å². The van der Waals surface area contributed by atoms with Crippen molar-refractivity contribution in [2.24, 2.45) is 0 Å². The van der Waals surface area contributed by atoms with Crippen molar-refractivity contribution in [3.63, 3.8) is 0 Å². The van der Waals surface area contributed by atoms with Crippen LogP contribution in [0.15, 0.2) is 47.8 Å². The predicted octanol–water partition coefficient (Wildman–Crippen LogP) is 3.57. The summed E-state index contributed by atoms with van der Waals surface area (Å²) in [6.45, 7) is 1.26. The molecule has 0 saturated carbocycles. The molecule has 20 heavy (non-hydrogen) atoms. The van der Waals surface area contributed by atoms with Gasteiger partial charge < -0.3 is 9.64 Å². The van der Waals surface area contributed by atoms with Gasteiger partial charge in [-0.2, -0.15) is 0 Å². The third-order valence-corrected chi connectivity index (χ3v) is 3.81. The zero-order valence-corrected chi connectivity index (χ0v) is 12.4. The Morgan fingerprint density at radius 2 is 2.00 bits per heavy atom. The number of thiophene rings is 1. The van der Waals surface area contributed by atoms with Crippen molar-refractivity contribution in [2.45, 2.75) is 19.4 Å². The minimum Gasteiger partial charge on any atom is -0.494 e. The number of hydrogen-bond acceptors (Lipinski definition) is 3. The highest BCUT2D eigenvalue weighted by Crippen LogP contribution is 2.12. The Labute approximate surface area is 123 Å². The highest BCUT2D eigenvalue weighted by Gasteiger charge is 2.09. The fourth-order valence-electron chi connectivity index (χ4n) is 1.85. The van der Waals surface area contributed by atoms with Gasteiger partial charge in [0.1, 0.15) is 5.75 Å². The molecule has 0 atom stereocenters. The molecule has 0 fully saturated rings. The molecule has 1 aromatic heterocycles. The Balaban J connectivity index is 1.65. The number of para-hydroxylation sites is 1. The topological polar surface area (TPSA) is 29.5 Å². The van der Waals surface area contributed by atoms with E-state index in [9.17, 15) is 4.79 Å². The van der Waals surface area contributed by atoms with Gasteiger partial charge in [-0.15, -0.1) is 11.3 Å². The summed E-state index contributed by atoms with van der Waals surface area (Å²) in [6.07, 6.45) is 1.26. The third-order valence-electron chi connectivity index (χ3n) is 2.95. The molecule has 3 nitrogen and oxygen atoms in total. The van der Waals surface area contributed by atoms with E-state index in [0.717, 1.165) is 12.2 Å². The molecule has 2 aromatic rings. The van der Waals surface area contributed by atoms with Gasteiger partial charge in [-0.1, -0.05) is 24.3 Å². The van der Waals surface area contributed by atoms with Gasteiger partial charge in [-0.25, -0.2) is 0 Å². The number of carbonyl (C=O) groups is 1. The molecule has 1 aromatic carbocycles. The second-order valence-electron chi connectivity index (χ2n) is 4.59. The standard InChI is InChI=1S/C16H19NO2S/c1-17(13-15-9-6-12-20-15)16(18)10-5-11-19-14-7-3-2-4-8-14/h2-4,6-9,12H,5,10-11,13H2,1H3. The van der Waals surface area contributed by atoms with Gasteiger partial charge >= 0.3 is 0 Å². The molecular weight excluding hydrogens is 270 g/mol. The molecule has 1 heterocycles. The summed E-state index contributed by atoms with van der Waals surface area (Å²) in [5, 5.41) is 2.03. The minimum atomic E-state index is 0.162. The zero-order valence-electron chi connectivity index (χ0n) is 11.6. The molecule has 0 radical (unpaired) electrons. The minimum absolute atomic E-state index is 0.162. The highest BCUT2D eigenvalue weighted by atomic mass is 32.1. The summed E-state index contributed by atoms with van der Waals surface area (Å²) in [7, 11) is 1.85. The van der Waals surface area contributed by atoms with Gasteiger partial charge in [0.25, 0.3) is 0 Å². The van der Waals surface area contributed by atoms with E-state index in [2.05, 4.69) is 0 Å². The Hall–Kier alpha value is -1.81. The van der Waals surface area contributed by atoms with Crippen molar-refractivity contribution in [3.8, 4) is 5.75 Å². The molecule has 0 spiro atoms. The van der Waals surface area contributed by atoms with E-state index in [0.29, 0.717) is 19.6 Å². The highest BCUT2D eigenvalue weighted by molar-refractivity contribution is 7.09. The molecule has 0 unspecified atom stereocenters. The molecule has 0 N–H and O–H groups in total. The van der Waals surface area contributed by atoms with Crippen LogP contribution >= 0.6 is 11.3 Å². The summed E-state index contributed by atoms with van der Waals surface area (Å²) < 4.78 is 5.57. The Morgan fingerprint density at radius 1 is 1.20 bits per heavy atom. The van der Waals surface area contributed by atoms with Crippen LogP contribution in [0.5, 0.6) is 5.75 Å². The molecule has 1 amide bonds. The van der Waals surface area contributed by atoms with Crippen molar-refractivity contribution in [1.82, 2.24) is 4.90 Å². The van der Waals surface area contributed by atoms with Crippen LogP contribution in [0.2, 0.25) is 0 Å². The fraction of sp³-hybridized carbons (Fsp3) is 0.312. The number of benzene rings is 1. The van der Waals surface area contributed by atoms with Crippen molar-refractivity contribution in [1.29, 1.82) is 0 Å². The van der Waals surface area contributed by atoms with E-state index in [1.807, 2.05) is 54.9 Å². The smallest absolute Gasteiger partial charge is 0.222 e. The van der Waals surface area contributed by atoms with Gasteiger partial charge in [0, 0.05) is 18.3 Å². The molecule has 2 rings (SSSR count). The van der Waals surface area contributed by atoms with Gasteiger partial charge in [0.2, 0.25) is 5.91 Å². The summed E-state index contributed by atoms with van der Waals surface area (Å²) in [5.74, 6) is 1.02.